The average molecular weight is 634 g/mol. The maximum absolute atomic E-state index is 11.7. The van der Waals surface area contributed by atoms with Crippen molar-refractivity contribution in [1.29, 1.82) is 0 Å². The minimum absolute atomic E-state index is 0.764. The fourth-order valence-corrected chi connectivity index (χ4v) is 4.33. The summed E-state index contributed by atoms with van der Waals surface area (Å²) in [5.74, 6) is 0. The molecule has 0 saturated carbocycles. The molecule has 0 aromatic heterocycles. The molecule has 0 heterocycles. The molecule has 21 nitrogen and oxygen atoms in total. The molecule has 25 heteroatoms. The molecule has 7 unspecified atom stereocenters. The first-order valence-electron chi connectivity index (χ1n) is 9.64. The molecule has 0 fully saturated rings. The number of aliphatic hydroxyl groups is 5. The zero-order valence-electron chi connectivity index (χ0n) is 18.7. The van der Waals surface area contributed by atoms with Gasteiger partial charge in [-0.25, -0.2) is 18.3 Å². The molecule has 7 atom stereocenters. The second-order valence-corrected chi connectivity index (χ2v) is 12.4. The third-order valence-corrected chi connectivity index (χ3v) is 6.56. The van der Waals surface area contributed by atoms with Crippen molar-refractivity contribution in [3.8, 4) is 0 Å². The Balaban J connectivity index is 4.29. The van der Waals surface area contributed by atoms with E-state index in [1.54, 1.807) is 0 Å². The zero-order valence-corrected chi connectivity index (χ0v) is 22.3. The number of rotatable bonds is 22. The quantitative estimate of drug-likeness (QED) is 0.0528. The monoisotopic (exact) mass is 634 g/mol. The number of hydrogen-bond donors (Lipinski definition) is 10. The van der Waals surface area contributed by atoms with Crippen LogP contribution in [0.5, 0.6) is 0 Å². The van der Waals surface area contributed by atoms with Gasteiger partial charge in [0, 0.05) is 0 Å². The molecular weight excluding hydrogens is 604 g/mol. The van der Waals surface area contributed by atoms with Crippen molar-refractivity contribution >= 4 is 31.3 Å². The lowest BCUT2D eigenvalue weighted by Gasteiger charge is -2.19. The van der Waals surface area contributed by atoms with Crippen LogP contribution in [0.1, 0.15) is 0 Å². The first-order chi connectivity index (χ1) is 16.8. The normalized spacial score (nSPS) is 20.8. The summed E-state index contributed by atoms with van der Waals surface area (Å²) in [7, 11) is -19.5. The highest BCUT2D eigenvalue weighted by molar-refractivity contribution is 7.48. The summed E-state index contributed by atoms with van der Waals surface area (Å²) in [5.41, 5.74) is 0. The number of hydrogen-bond acceptors (Lipinski definition) is 16. The Morgan fingerprint density at radius 1 is 0.432 bits per heavy atom. The van der Waals surface area contributed by atoms with Gasteiger partial charge in [-0.15, -0.1) is 0 Å². The Kier molecular flexibility index (Phi) is 17.3. The molecule has 0 aliphatic rings. The van der Waals surface area contributed by atoms with Crippen LogP contribution in [0.4, 0.5) is 0 Å². The van der Waals surface area contributed by atoms with E-state index in [-0.39, 0.29) is 0 Å². The molecule has 10 N–H and O–H groups in total. The summed E-state index contributed by atoms with van der Waals surface area (Å²) in [6.07, 6.45) is -6.78. The predicted molar refractivity (Wildman–Crippen MR) is 114 cm³/mol. The van der Waals surface area contributed by atoms with Crippen LogP contribution < -0.4 is 0 Å². The van der Waals surface area contributed by atoms with Crippen molar-refractivity contribution in [3.05, 3.63) is 0 Å². The number of phosphoric ester groups is 4. The van der Waals surface area contributed by atoms with Crippen LogP contribution >= 0.6 is 31.3 Å². The van der Waals surface area contributed by atoms with Crippen LogP contribution in [0, 0.1) is 0 Å². The predicted octanol–water partition coefficient (Wildman–Crippen LogP) is -3.07. The van der Waals surface area contributed by atoms with Gasteiger partial charge in [-0.1, -0.05) is 0 Å². The van der Waals surface area contributed by atoms with E-state index in [9.17, 15) is 48.3 Å². The standard InChI is InChI=1S/C12H30O21P4/c13-1-9(14)2-28-35(21,22)30-5-11(16)6-32-37(25,26)33-8-12(17)7-31-36(23,24)29-4-10(15)3-27-34(18,19)20/h9-17H,1-8H2,(H,21,22)(H,23,24)(H,25,26)(H2,18,19,20). The van der Waals surface area contributed by atoms with E-state index >= 15 is 0 Å². The van der Waals surface area contributed by atoms with Crippen molar-refractivity contribution in [2.24, 2.45) is 0 Å². The molecule has 0 radical (unpaired) electrons. The van der Waals surface area contributed by atoms with Crippen LogP contribution in [0.3, 0.4) is 0 Å². The second kappa shape index (κ2) is 17.1. The number of phosphoric acid groups is 4. The topological polar surface area (TPSA) is 335 Å². The fourth-order valence-electron chi connectivity index (χ4n) is 1.57. The molecule has 0 saturated heterocycles. The molecule has 0 rings (SSSR count). The summed E-state index contributed by atoms with van der Waals surface area (Å²) < 4.78 is 75.4. The van der Waals surface area contributed by atoms with Crippen molar-refractivity contribution in [3.63, 3.8) is 0 Å². The molecule has 37 heavy (non-hydrogen) atoms. The third kappa shape index (κ3) is 21.7. The van der Waals surface area contributed by atoms with E-state index in [0.29, 0.717) is 0 Å². The Morgan fingerprint density at radius 2 is 0.649 bits per heavy atom. The van der Waals surface area contributed by atoms with Gasteiger partial charge < -0.3 is 50.0 Å². The van der Waals surface area contributed by atoms with Gasteiger partial charge in [0.05, 0.1) is 52.9 Å². The van der Waals surface area contributed by atoms with E-state index in [0.717, 1.165) is 0 Å². The maximum atomic E-state index is 11.7. The lowest BCUT2D eigenvalue weighted by Crippen LogP contribution is -2.24. The minimum Gasteiger partial charge on any atom is -0.394 e. The molecule has 0 aliphatic carbocycles. The Bertz CT molecular complexity index is 832. The summed E-state index contributed by atoms with van der Waals surface area (Å²) >= 11 is 0. The Labute approximate surface area is 209 Å². The van der Waals surface area contributed by atoms with Crippen molar-refractivity contribution in [2.45, 2.75) is 24.4 Å². The van der Waals surface area contributed by atoms with Crippen molar-refractivity contribution in [2.75, 3.05) is 52.9 Å². The molecule has 0 amide bonds. The van der Waals surface area contributed by atoms with E-state index in [2.05, 4.69) is 31.7 Å². The molecule has 0 aliphatic heterocycles. The lowest BCUT2D eigenvalue weighted by atomic mass is 10.4. The lowest BCUT2D eigenvalue weighted by molar-refractivity contribution is 0.00312. The molecule has 0 aromatic carbocycles. The zero-order chi connectivity index (χ0) is 28.9. The minimum atomic E-state index is -4.93. The first kappa shape index (κ1) is 37.2. The van der Waals surface area contributed by atoms with Gasteiger partial charge in [-0.05, 0) is 0 Å². The molecule has 0 spiro atoms. The van der Waals surface area contributed by atoms with Crippen LogP contribution in [-0.2, 0) is 49.9 Å². The Hall–Kier alpha value is 0.240. The largest absolute Gasteiger partial charge is 0.472 e. The summed E-state index contributed by atoms with van der Waals surface area (Å²) in [6, 6.07) is 0. The van der Waals surface area contributed by atoms with Crippen LogP contribution in [0.15, 0.2) is 0 Å². The fraction of sp³-hybridized carbons (Fsp3) is 1.00. The maximum Gasteiger partial charge on any atom is 0.472 e. The second-order valence-electron chi connectivity index (χ2n) is 6.76. The molecule has 224 valence electrons. The van der Waals surface area contributed by atoms with Gasteiger partial charge in [0.2, 0.25) is 0 Å². The van der Waals surface area contributed by atoms with Crippen molar-refractivity contribution < 1.29 is 99.9 Å². The van der Waals surface area contributed by atoms with E-state index in [1.165, 1.54) is 0 Å². The van der Waals surface area contributed by atoms with Crippen LogP contribution in [0.25, 0.3) is 0 Å². The van der Waals surface area contributed by atoms with Gasteiger partial charge in [0.15, 0.2) is 0 Å². The van der Waals surface area contributed by atoms with E-state index in [1.807, 2.05) is 0 Å². The summed E-state index contributed by atoms with van der Waals surface area (Å²) in [6.45, 7) is -7.37. The first-order valence-corrected chi connectivity index (χ1v) is 15.7. The molecular formula is C12H30O21P4. The van der Waals surface area contributed by atoms with Crippen molar-refractivity contribution in [1.82, 2.24) is 0 Å². The molecule has 0 bridgehead atoms. The highest BCUT2D eigenvalue weighted by atomic mass is 31.2. The summed E-state index contributed by atoms with van der Waals surface area (Å²) in [5, 5.41) is 46.2. The smallest absolute Gasteiger partial charge is 0.394 e. The van der Waals surface area contributed by atoms with Gasteiger partial charge in [-0.3, -0.25) is 31.7 Å². The third-order valence-electron chi connectivity index (χ3n) is 3.23. The van der Waals surface area contributed by atoms with E-state index < -0.39 is 109 Å². The van der Waals surface area contributed by atoms with E-state index in [4.69, 9.17) is 20.0 Å². The Morgan fingerprint density at radius 3 is 0.865 bits per heavy atom. The van der Waals surface area contributed by atoms with Gasteiger partial charge in [-0.2, -0.15) is 0 Å². The molecule has 0 aromatic rings. The van der Waals surface area contributed by atoms with Crippen LogP contribution in [0.2, 0.25) is 0 Å². The highest BCUT2D eigenvalue weighted by Crippen LogP contribution is 2.46. The average Bonchev–Trinajstić information content (AvgIpc) is 2.79. The summed E-state index contributed by atoms with van der Waals surface area (Å²) in [4.78, 5) is 45.2. The van der Waals surface area contributed by atoms with Gasteiger partial charge in [0.25, 0.3) is 0 Å². The van der Waals surface area contributed by atoms with Gasteiger partial charge in [0.1, 0.15) is 24.4 Å². The highest BCUT2D eigenvalue weighted by Gasteiger charge is 2.29. The SMILES string of the molecule is O=P(O)(O)OCC(O)COP(=O)(O)OCC(O)COP(=O)(O)OCC(O)COP(=O)(O)OCC(O)CO. The van der Waals surface area contributed by atoms with Gasteiger partial charge >= 0.3 is 31.3 Å². The van der Waals surface area contributed by atoms with Crippen LogP contribution in [-0.4, -0.2) is 127 Å². The number of aliphatic hydroxyl groups excluding tert-OH is 5.